The summed E-state index contributed by atoms with van der Waals surface area (Å²) < 4.78 is 0. The summed E-state index contributed by atoms with van der Waals surface area (Å²) in [6.07, 6.45) is 7.71. The first-order valence-electron chi connectivity index (χ1n) is 9.24. The average Bonchev–Trinajstić information content (AvgIpc) is 2.99. The van der Waals surface area contributed by atoms with E-state index in [0.29, 0.717) is 24.1 Å². The summed E-state index contributed by atoms with van der Waals surface area (Å²) in [7, 11) is 0. The quantitative estimate of drug-likeness (QED) is 0.916. The number of phenols is 1. The van der Waals surface area contributed by atoms with Gasteiger partial charge in [0, 0.05) is 24.1 Å². The lowest BCUT2D eigenvalue weighted by atomic mass is 9.92. The van der Waals surface area contributed by atoms with Crippen LogP contribution < -0.4 is 0 Å². The molecule has 1 aliphatic carbocycles. The molecule has 0 bridgehead atoms. The van der Waals surface area contributed by atoms with Crippen LogP contribution in [0.1, 0.15) is 44.1 Å². The highest BCUT2D eigenvalue weighted by molar-refractivity contribution is 5.89. The molecule has 126 valence electrons. The van der Waals surface area contributed by atoms with Crippen LogP contribution in [0.5, 0.6) is 5.75 Å². The molecule has 0 spiro atoms. The molecule has 1 N–H and O–H groups in total. The molecule has 0 radical (unpaired) electrons. The van der Waals surface area contributed by atoms with Crippen molar-refractivity contribution in [3.8, 4) is 5.75 Å². The van der Waals surface area contributed by atoms with Crippen molar-refractivity contribution in [1.29, 1.82) is 0 Å². The van der Waals surface area contributed by atoms with Crippen LogP contribution >= 0.6 is 0 Å². The van der Waals surface area contributed by atoms with E-state index in [1.807, 2.05) is 24.3 Å². The SMILES string of the molecule is O=C1C(Cc2c(O)ccc3ccccc23)CCN1C1CCCCC1. The number of fused-ring (bicyclic) bond motifs is 1. The molecule has 4 rings (SSSR count). The highest BCUT2D eigenvalue weighted by Gasteiger charge is 2.36. The van der Waals surface area contributed by atoms with E-state index < -0.39 is 0 Å². The van der Waals surface area contributed by atoms with Crippen molar-refractivity contribution >= 4 is 16.7 Å². The maximum Gasteiger partial charge on any atom is 0.226 e. The molecule has 1 heterocycles. The second kappa shape index (κ2) is 6.46. The molecule has 1 amide bonds. The van der Waals surface area contributed by atoms with E-state index in [1.54, 1.807) is 6.07 Å². The standard InChI is InChI=1S/C21H25NO2/c23-20-11-10-15-6-4-5-9-18(15)19(20)14-16-12-13-22(21(16)24)17-7-2-1-3-8-17/h4-6,9-11,16-17,23H,1-3,7-8,12-14H2. The molecule has 3 nitrogen and oxygen atoms in total. The zero-order chi connectivity index (χ0) is 16.5. The van der Waals surface area contributed by atoms with Crippen LogP contribution in [0, 0.1) is 5.92 Å². The lowest BCUT2D eigenvalue weighted by molar-refractivity contribution is -0.133. The van der Waals surface area contributed by atoms with E-state index >= 15 is 0 Å². The van der Waals surface area contributed by atoms with Gasteiger partial charge in [-0.3, -0.25) is 4.79 Å². The Morgan fingerprint density at radius 2 is 1.79 bits per heavy atom. The smallest absolute Gasteiger partial charge is 0.226 e. The number of nitrogens with zero attached hydrogens (tertiary/aromatic N) is 1. The summed E-state index contributed by atoms with van der Waals surface area (Å²) in [5.41, 5.74) is 0.928. The molecular weight excluding hydrogens is 298 g/mol. The molecule has 1 aliphatic heterocycles. The van der Waals surface area contributed by atoms with Gasteiger partial charge in [-0.05, 0) is 42.5 Å². The summed E-state index contributed by atoms with van der Waals surface area (Å²) in [5.74, 6) is 0.635. The number of phenolic OH excluding ortho intramolecular Hbond substituents is 1. The van der Waals surface area contributed by atoms with Gasteiger partial charge in [-0.15, -0.1) is 0 Å². The van der Waals surface area contributed by atoms with E-state index in [0.717, 1.165) is 42.1 Å². The van der Waals surface area contributed by atoms with E-state index in [2.05, 4.69) is 11.0 Å². The zero-order valence-corrected chi connectivity index (χ0v) is 14.1. The van der Waals surface area contributed by atoms with Crippen LogP contribution in [0.4, 0.5) is 0 Å². The summed E-state index contributed by atoms with van der Waals surface area (Å²) >= 11 is 0. The van der Waals surface area contributed by atoms with Crippen molar-refractivity contribution in [2.24, 2.45) is 5.92 Å². The fourth-order valence-corrected chi connectivity index (χ4v) is 4.49. The fraction of sp³-hybridized carbons (Fsp3) is 0.476. The van der Waals surface area contributed by atoms with Gasteiger partial charge in [-0.2, -0.15) is 0 Å². The second-order valence-corrected chi connectivity index (χ2v) is 7.30. The van der Waals surface area contributed by atoms with E-state index in [4.69, 9.17) is 0 Å². The second-order valence-electron chi connectivity index (χ2n) is 7.30. The first-order chi connectivity index (χ1) is 11.7. The third-order valence-corrected chi connectivity index (χ3v) is 5.83. The number of rotatable bonds is 3. The number of benzene rings is 2. The molecule has 1 saturated carbocycles. The Kier molecular flexibility index (Phi) is 4.17. The molecule has 2 aromatic rings. The van der Waals surface area contributed by atoms with Gasteiger partial charge in [0.1, 0.15) is 5.75 Å². The van der Waals surface area contributed by atoms with Crippen molar-refractivity contribution in [1.82, 2.24) is 4.90 Å². The van der Waals surface area contributed by atoms with Gasteiger partial charge in [0.2, 0.25) is 5.91 Å². The highest BCUT2D eigenvalue weighted by Crippen LogP contribution is 2.34. The molecule has 1 saturated heterocycles. The summed E-state index contributed by atoms with van der Waals surface area (Å²) in [4.78, 5) is 15.0. The predicted molar refractivity (Wildman–Crippen MR) is 96.0 cm³/mol. The van der Waals surface area contributed by atoms with Crippen LogP contribution in [-0.4, -0.2) is 28.5 Å². The van der Waals surface area contributed by atoms with Crippen molar-refractivity contribution in [3.05, 3.63) is 42.0 Å². The van der Waals surface area contributed by atoms with Crippen molar-refractivity contribution in [2.75, 3.05) is 6.54 Å². The molecule has 2 fully saturated rings. The summed E-state index contributed by atoms with van der Waals surface area (Å²) in [5, 5.41) is 12.5. The first-order valence-corrected chi connectivity index (χ1v) is 9.24. The van der Waals surface area contributed by atoms with Gasteiger partial charge < -0.3 is 10.0 Å². The van der Waals surface area contributed by atoms with E-state index in [9.17, 15) is 9.90 Å². The molecule has 2 aromatic carbocycles. The molecule has 3 heteroatoms. The van der Waals surface area contributed by atoms with E-state index in [1.165, 1.54) is 19.3 Å². The number of likely N-dealkylation sites (tertiary alicyclic amines) is 1. The van der Waals surface area contributed by atoms with Gasteiger partial charge in [0.25, 0.3) is 0 Å². The Bertz CT molecular complexity index is 749. The van der Waals surface area contributed by atoms with Gasteiger partial charge in [0.05, 0.1) is 0 Å². The third-order valence-electron chi connectivity index (χ3n) is 5.83. The van der Waals surface area contributed by atoms with Gasteiger partial charge in [-0.25, -0.2) is 0 Å². The minimum Gasteiger partial charge on any atom is -0.508 e. The molecule has 0 aromatic heterocycles. The number of hydrogen-bond donors (Lipinski definition) is 1. The maximum atomic E-state index is 12.9. The average molecular weight is 323 g/mol. The number of amides is 1. The van der Waals surface area contributed by atoms with Crippen LogP contribution in [0.3, 0.4) is 0 Å². The Balaban J connectivity index is 1.56. The normalized spacial score (nSPS) is 22.4. The number of carbonyl (C=O) groups excluding carboxylic acids is 1. The number of carbonyl (C=O) groups is 1. The fourth-order valence-electron chi connectivity index (χ4n) is 4.49. The van der Waals surface area contributed by atoms with Gasteiger partial charge >= 0.3 is 0 Å². The maximum absolute atomic E-state index is 12.9. The van der Waals surface area contributed by atoms with Crippen LogP contribution in [-0.2, 0) is 11.2 Å². The number of hydrogen-bond acceptors (Lipinski definition) is 2. The Hall–Kier alpha value is -2.03. The van der Waals surface area contributed by atoms with E-state index in [-0.39, 0.29) is 5.92 Å². The van der Waals surface area contributed by atoms with Crippen molar-refractivity contribution in [2.45, 2.75) is 51.0 Å². The third kappa shape index (κ3) is 2.77. The van der Waals surface area contributed by atoms with Crippen molar-refractivity contribution < 1.29 is 9.90 Å². The molecule has 1 atom stereocenters. The zero-order valence-electron chi connectivity index (χ0n) is 14.1. The minimum absolute atomic E-state index is 0.0173. The highest BCUT2D eigenvalue weighted by atomic mass is 16.3. The minimum atomic E-state index is 0.0173. The van der Waals surface area contributed by atoms with Crippen LogP contribution in [0.25, 0.3) is 10.8 Å². The van der Waals surface area contributed by atoms with Crippen LogP contribution in [0.15, 0.2) is 36.4 Å². The number of aromatic hydroxyl groups is 1. The molecule has 1 unspecified atom stereocenters. The Morgan fingerprint density at radius 3 is 2.62 bits per heavy atom. The lowest BCUT2D eigenvalue weighted by Gasteiger charge is -2.31. The van der Waals surface area contributed by atoms with Gasteiger partial charge in [-0.1, -0.05) is 49.6 Å². The van der Waals surface area contributed by atoms with Gasteiger partial charge in [0.15, 0.2) is 0 Å². The monoisotopic (exact) mass is 323 g/mol. The summed E-state index contributed by atoms with van der Waals surface area (Å²) in [6.45, 7) is 0.889. The largest absolute Gasteiger partial charge is 0.508 e. The van der Waals surface area contributed by atoms with Crippen molar-refractivity contribution in [3.63, 3.8) is 0 Å². The molecular formula is C21H25NO2. The Labute approximate surface area is 143 Å². The Morgan fingerprint density at radius 1 is 1.00 bits per heavy atom. The topological polar surface area (TPSA) is 40.5 Å². The predicted octanol–water partition coefficient (Wildman–Crippen LogP) is 4.27. The van der Waals surface area contributed by atoms with Crippen LogP contribution in [0.2, 0.25) is 0 Å². The molecule has 24 heavy (non-hydrogen) atoms. The first kappa shape index (κ1) is 15.5. The lowest BCUT2D eigenvalue weighted by Crippen LogP contribution is -2.39. The molecule has 2 aliphatic rings. The summed E-state index contributed by atoms with van der Waals surface area (Å²) in [6, 6.07) is 12.3.